The molecule has 3 rings (SSSR count). The maximum absolute atomic E-state index is 6.47. The molecule has 3 atom stereocenters. The van der Waals surface area contributed by atoms with Crippen LogP contribution >= 0.6 is 0 Å². The third-order valence-electron chi connectivity index (χ3n) is 7.87. The molecule has 0 N–H and O–H groups in total. The second-order valence-corrected chi connectivity index (χ2v) is 10.8. The Morgan fingerprint density at radius 1 is 1.04 bits per heavy atom. The summed E-state index contributed by atoms with van der Waals surface area (Å²) in [5.74, 6) is 2.33. The quantitative estimate of drug-likeness (QED) is 0.516. The van der Waals surface area contributed by atoms with E-state index in [9.17, 15) is 0 Å². The smallest absolute Gasteiger partial charge is 0.168 e. The lowest BCUT2D eigenvalue weighted by Gasteiger charge is -2.42. The zero-order chi connectivity index (χ0) is 19.5. The molecule has 1 saturated carbocycles. The first kappa shape index (κ1) is 21.6. The Balaban J connectivity index is 1.33. The van der Waals surface area contributed by atoms with Crippen LogP contribution in [0, 0.1) is 23.2 Å². The lowest BCUT2D eigenvalue weighted by Crippen LogP contribution is -2.39. The van der Waals surface area contributed by atoms with Gasteiger partial charge in [-0.2, -0.15) is 0 Å². The minimum atomic E-state index is -0.233. The molecule has 27 heavy (non-hydrogen) atoms. The summed E-state index contributed by atoms with van der Waals surface area (Å²) < 4.78 is 12.7. The number of hydrogen-bond acceptors (Lipinski definition) is 3. The monoisotopic (exact) mass is 379 g/mol. The number of nitrogens with zero attached hydrogens (tertiary/aromatic N) is 1. The minimum absolute atomic E-state index is 0.233. The largest absolute Gasteiger partial charge is 0.347 e. The Labute approximate surface area is 168 Å². The number of hydrogen-bond donors (Lipinski definition) is 0. The molecule has 158 valence electrons. The summed E-state index contributed by atoms with van der Waals surface area (Å²) in [5, 5.41) is 0. The maximum Gasteiger partial charge on any atom is 0.168 e. The summed E-state index contributed by atoms with van der Waals surface area (Å²) in [6.07, 6.45) is 11.5. The average molecular weight is 380 g/mol. The van der Waals surface area contributed by atoms with E-state index in [2.05, 4.69) is 39.5 Å². The summed E-state index contributed by atoms with van der Waals surface area (Å²) >= 11 is 0. The molecule has 1 aliphatic carbocycles. The highest BCUT2D eigenvalue weighted by Gasteiger charge is 2.46. The standard InChI is InChI=1S/C24H45NO2/c1-6-23(4,5)21-10-12-24(13-11-21)26-18-22(27-24)9-7-8-14-25-16-19(2)15-20(3)17-25/h19-22H,6-18H2,1-5H3. The number of rotatable bonds is 7. The van der Waals surface area contributed by atoms with Crippen LogP contribution in [0.1, 0.15) is 92.4 Å². The molecular weight excluding hydrogens is 334 g/mol. The molecule has 0 radical (unpaired) electrons. The van der Waals surface area contributed by atoms with Gasteiger partial charge in [-0.25, -0.2) is 0 Å². The van der Waals surface area contributed by atoms with Gasteiger partial charge in [0, 0.05) is 25.9 Å². The first-order chi connectivity index (χ1) is 12.8. The number of unbranched alkanes of at least 4 members (excludes halogenated alkanes) is 1. The Morgan fingerprint density at radius 2 is 1.70 bits per heavy atom. The average Bonchev–Trinajstić information content (AvgIpc) is 3.01. The van der Waals surface area contributed by atoms with Gasteiger partial charge in [0.25, 0.3) is 0 Å². The SMILES string of the molecule is CCC(C)(C)C1CCC2(CC1)OCC(CCCCN1CC(C)CC(C)C1)O2. The van der Waals surface area contributed by atoms with Crippen LogP contribution in [0.5, 0.6) is 0 Å². The maximum atomic E-state index is 6.47. The zero-order valence-electron chi connectivity index (χ0n) is 18.8. The van der Waals surface area contributed by atoms with Gasteiger partial charge in [-0.1, -0.05) is 41.0 Å². The van der Waals surface area contributed by atoms with E-state index in [-0.39, 0.29) is 5.79 Å². The van der Waals surface area contributed by atoms with Crippen molar-refractivity contribution in [3.63, 3.8) is 0 Å². The van der Waals surface area contributed by atoms with E-state index in [0.29, 0.717) is 11.5 Å². The van der Waals surface area contributed by atoms with Crippen molar-refractivity contribution in [1.82, 2.24) is 4.90 Å². The van der Waals surface area contributed by atoms with Gasteiger partial charge in [-0.05, 0) is 68.2 Å². The molecule has 0 aromatic carbocycles. The molecule has 3 unspecified atom stereocenters. The predicted molar refractivity (Wildman–Crippen MR) is 113 cm³/mol. The molecule has 1 spiro atoms. The van der Waals surface area contributed by atoms with Gasteiger partial charge in [0.1, 0.15) is 0 Å². The molecule has 0 aromatic heterocycles. The van der Waals surface area contributed by atoms with Crippen molar-refractivity contribution in [3.05, 3.63) is 0 Å². The van der Waals surface area contributed by atoms with Crippen molar-refractivity contribution < 1.29 is 9.47 Å². The van der Waals surface area contributed by atoms with Crippen molar-refractivity contribution in [1.29, 1.82) is 0 Å². The third kappa shape index (κ3) is 5.70. The zero-order valence-corrected chi connectivity index (χ0v) is 18.8. The van der Waals surface area contributed by atoms with E-state index in [4.69, 9.17) is 9.47 Å². The van der Waals surface area contributed by atoms with Gasteiger partial charge in [-0.15, -0.1) is 0 Å². The Kier molecular flexibility index (Phi) is 7.30. The summed E-state index contributed by atoms with van der Waals surface area (Å²) in [7, 11) is 0. The van der Waals surface area contributed by atoms with Gasteiger partial charge in [0.15, 0.2) is 5.79 Å². The van der Waals surface area contributed by atoms with Crippen LogP contribution in [-0.4, -0.2) is 43.0 Å². The van der Waals surface area contributed by atoms with Crippen LogP contribution in [0.15, 0.2) is 0 Å². The molecule has 0 bridgehead atoms. The highest BCUT2D eigenvalue weighted by molar-refractivity contribution is 4.89. The second kappa shape index (κ2) is 9.13. The lowest BCUT2D eigenvalue weighted by atomic mass is 9.68. The van der Waals surface area contributed by atoms with E-state index in [1.54, 1.807) is 0 Å². The molecule has 0 aromatic rings. The number of piperidine rings is 1. The fraction of sp³-hybridized carbons (Fsp3) is 1.00. The third-order valence-corrected chi connectivity index (χ3v) is 7.87. The summed E-state index contributed by atoms with van der Waals surface area (Å²) in [6.45, 7) is 16.7. The molecule has 2 heterocycles. The van der Waals surface area contributed by atoms with E-state index in [1.165, 1.54) is 64.6 Å². The molecule has 0 amide bonds. The number of ether oxygens (including phenoxy) is 2. The van der Waals surface area contributed by atoms with Crippen molar-refractivity contribution in [3.8, 4) is 0 Å². The molecule has 3 nitrogen and oxygen atoms in total. The second-order valence-electron chi connectivity index (χ2n) is 10.8. The predicted octanol–water partition coefficient (Wildman–Crippen LogP) is 5.87. The van der Waals surface area contributed by atoms with Gasteiger partial charge < -0.3 is 14.4 Å². The minimum Gasteiger partial charge on any atom is -0.347 e. The fourth-order valence-corrected chi connectivity index (χ4v) is 5.83. The van der Waals surface area contributed by atoms with Gasteiger partial charge >= 0.3 is 0 Å². The van der Waals surface area contributed by atoms with Crippen LogP contribution in [0.2, 0.25) is 0 Å². The van der Waals surface area contributed by atoms with Crippen LogP contribution in [0.25, 0.3) is 0 Å². The first-order valence-corrected chi connectivity index (χ1v) is 11.9. The van der Waals surface area contributed by atoms with Crippen molar-refractivity contribution in [2.24, 2.45) is 23.2 Å². The van der Waals surface area contributed by atoms with Crippen LogP contribution < -0.4 is 0 Å². The summed E-state index contributed by atoms with van der Waals surface area (Å²) in [6, 6.07) is 0. The molecule has 2 aliphatic heterocycles. The topological polar surface area (TPSA) is 21.7 Å². The lowest BCUT2D eigenvalue weighted by molar-refractivity contribution is -0.197. The molecule has 3 heteroatoms. The van der Waals surface area contributed by atoms with Crippen molar-refractivity contribution >= 4 is 0 Å². The van der Waals surface area contributed by atoms with E-state index in [0.717, 1.165) is 37.2 Å². The van der Waals surface area contributed by atoms with E-state index in [1.807, 2.05) is 0 Å². The summed E-state index contributed by atoms with van der Waals surface area (Å²) in [4.78, 5) is 2.68. The summed E-state index contributed by atoms with van der Waals surface area (Å²) in [5.41, 5.74) is 0.461. The van der Waals surface area contributed by atoms with E-state index < -0.39 is 0 Å². The van der Waals surface area contributed by atoms with Gasteiger partial charge in [0.05, 0.1) is 12.7 Å². The van der Waals surface area contributed by atoms with Gasteiger partial charge in [0.2, 0.25) is 0 Å². The van der Waals surface area contributed by atoms with Gasteiger partial charge in [-0.3, -0.25) is 0 Å². The Hall–Kier alpha value is -0.120. The van der Waals surface area contributed by atoms with Crippen LogP contribution in [0.3, 0.4) is 0 Å². The van der Waals surface area contributed by atoms with Crippen molar-refractivity contribution in [2.45, 2.75) is 104 Å². The molecule has 2 saturated heterocycles. The fourth-order valence-electron chi connectivity index (χ4n) is 5.83. The van der Waals surface area contributed by atoms with Crippen LogP contribution in [0.4, 0.5) is 0 Å². The highest BCUT2D eigenvalue weighted by Crippen LogP contribution is 2.47. The highest BCUT2D eigenvalue weighted by atomic mass is 16.7. The Morgan fingerprint density at radius 3 is 2.33 bits per heavy atom. The molecular formula is C24H45NO2. The molecule has 3 aliphatic rings. The van der Waals surface area contributed by atoms with Crippen molar-refractivity contribution in [2.75, 3.05) is 26.2 Å². The Bertz CT molecular complexity index is 445. The number of likely N-dealkylation sites (tertiary alicyclic amines) is 1. The van der Waals surface area contributed by atoms with Crippen LogP contribution in [-0.2, 0) is 9.47 Å². The first-order valence-electron chi connectivity index (χ1n) is 11.9. The molecule has 3 fully saturated rings. The van der Waals surface area contributed by atoms with E-state index >= 15 is 0 Å². The normalized spacial score (nSPS) is 38.6.